The number of nitrogens with one attached hydrogen (secondary N) is 1. The molecule has 2 amide bonds. The molecule has 1 aliphatic rings. The van der Waals surface area contributed by atoms with Crippen LogP contribution in [0.2, 0.25) is 0 Å². The highest BCUT2D eigenvalue weighted by Crippen LogP contribution is 2.25. The number of hydrogen-bond acceptors (Lipinski definition) is 5. The van der Waals surface area contributed by atoms with E-state index in [1.165, 1.54) is 0 Å². The molecule has 0 aromatic carbocycles. The standard InChI is InChI=1S/C21H30N6O2/c1-14(2)21(3,4)20(29)23-16-9-7-6-8-10-27(13-16)19(28)15-11-17-18(22-12-15)26(5)25-24-17/h11-12,16H,1,6-10,13H2,2-5H3,(H,23,29). The molecule has 8 heteroatoms. The summed E-state index contributed by atoms with van der Waals surface area (Å²) in [6, 6.07) is 1.65. The van der Waals surface area contributed by atoms with Crippen molar-refractivity contribution in [1.82, 2.24) is 30.2 Å². The monoisotopic (exact) mass is 398 g/mol. The van der Waals surface area contributed by atoms with Crippen molar-refractivity contribution in [3.8, 4) is 0 Å². The van der Waals surface area contributed by atoms with Crippen LogP contribution in [-0.4, -0.2) is 55.8 Å². The number of aromatic nitrogens is 4. The van der Waals surface area contributed by atoms with Crippen molar-refractivity contribution in [3.05, 3.63) is 30.0 Å². The SMILES string of the molecule is C=C(C)C(C)(C)C(=O)NC1CCCCCN(C(=O)c2cnc3c(c2)nnn3C)C1. The molecule has 3 rings (SSSR count). The van der Waals surface area contributed by atoms with Crippen LogP contribution in [0.15, 0.2) is 24.4 Å². The molecule has 1 N–H and O–H groups in total. The van der Waals surface area contributed by atoms with E-state index >= 15 is 0 Å². The number of amides is 2. The van der Waals surface area contributed by atoms with Gasteiger partial charge in [-0.15, -0.1) is 5.10 Å². The summed E-state index contributed by atoms with van der Waals surface area (Å²) in [5.74, 6) is -0.143. The van der Waals surface area contributed by atoms with Crippen LogP contribution in [0.25, 0.3) is 11.2 Å². The van der Waals surface area contributed by atoms with Crippen LogP contribution < -0.4 is 5.32 Å². The third kappa shape index (κ3) is 4.46. The van der Waals surface area contributed by atoms with Gasteiger partial charge in [-0.2, -0.15) is 0 Å². The zero-order valence-electron chi connectivity index (χ0n) is 17.7. The largest absolute Gasteiger partial charge is 0.351 e. The third-order valence-electron chi connectivity index (χ3n) is 5.87. The number of likely N-dealkylation sites (tertiary alicyclic amines) is 1. The van der Waals surface area contributed by atoms with E-state index in [4.69, 9.17) is 0 Å². The van der Waals surface area contributed by atoms with Crippen LogP contribution in [0.4, 0.5) is 0 Å². The van der Waals surface area contributed by atoms with E-state index < -0.39 is 5.41 Å². The van der Waals surface area contributed by atoms with E-state index in [-0.39, 0.29) is 17.9 Å². The molecule has 1 saturated heterocycles. The van der Waals surface area contributed by atoms with E-state index in [1.807, 2.05) is 25.7 Å². The van der Waals surface area contributed by atoms with Gasteiger partial charge in [-0.1, -0.05) is 30.2 Å². The number of nitrogens with zero attached hydrogens (tertiary/aromatic N) is 5. The van der Waals surface area contributed by atoms with Gasteiger partial charge in [0.15, 0.2) is 5.65 Å². The predicted molar refractivity (Wildman–Crippen MR) is 111 cm³/mol. The lowest BCUT2D eigenvalue weighted by atomic mass is 9.84. The number of fused-ring (bicyclic) bond motifs is 1. The molecule has 1 atom stereocenters. The minimum atomic E-state index is -0.641. The van der Waals surface area contributed by atoms with Crippen molar-refractivity contribution in [3.63, 3.8) is 0 Å². The maximum atomic E-state index is 13.2. The minimum Gasteiger partial charge on any atom is -0.351 e. The van der Waals surface area contributed by atoms with Crippen LogP contribution in [0, 0.1) is 5.41 Å². The van der Waals surface area contributed by atoms with Crippen molar-refractivity contribution in [2.75, 3.05) is 13.1 Å². The Morgan fingerprint density at radius 3 is 2.76 bits per heavy atom. The molecule has 2 aromatic rings. The van der Waals surface area contributed by atoms with Gasteiger partial charge in [0.2, 0.25) is 5.91 Å². The fourth-order valence-electron chi connectivity index (χ4n) is 3.41. The molecule has 3 heterocycles. The Kier molecular flexibility index (Phi) is 6.00. The van der Waals surface area contributed by atoms with E-state index in [0.29, 0.717) is 29.8 Å². The molecule has 1 unspecified atom stereocenters. The summed E-state index contributed by atoms with van der Waals surface area (Å²) in [7, 11) is 1.77. The molecule has 0 aliphatic carbocycles. The number of rotatable bonds is 4. The van der Waals surface area contributed by atoms with E-state index in [1.54, 1.807) is 24.0 Å². The lowest BCUT2D eigenvalue weighted by molar-refractivity contribution is -0.128. The van der Waals surface area contributed by atoms with Gasteiger partial charge in [-0.25, -0.2) is 9.67 Å². The summed E-state index contributed by atoms with van der Waals surface area (Å²) in [6.07, 6.45) is 5.44. The summed E-state index contributed by atoms with van der Waals surface area (Å²) in [6.45, 7) is 10.7. The second kappa shape index (κ2) is 8.31. The zero-order chi connectivity index (χ0) is 21.2. The van der Waals surface area contributed by atoms with Crippen molar-refractivity contribution in [1.29, 1.82) is 0 Å². The van der Waals surface area contributed by atoms with Gasteiger partial charge in [0.1, 0.15) is 5.52 Å². The molecular formula is C21H30N6O2. The maximum absolute atomic E-state index is 13.2. The molecule has 0 saturated carbocycles. The van der Waals surface area contributed by atoms with Crippen molar-refractivity contribution in [2.24, 2.45) is 12.5 Å². The van der Waals surface area contributed by atoms with Crippen molar-refractivity contribution in [2.45, 2.75) is 52.5 Å². The van der Waals surface area contributed by atoms with Gasteiger partial charge in [0.05, 0.1) is 11.0 Å². The van der Waals surface area contributed by atoms with Crippen LogP contribution in [0.5, 0.6) is 0 Å². The van der Waals surface area contributed by atoms with Crippen LogP contribution >= 0.6 is 0 Å². The Hall–Kier alpha value is -2.77. The molecule has 1 fully saturated rings. The Morgan fingerprint density at radius 1 is 1.28 bits per heavy atom. The van der Waals surface area contributed by atoms with Crippen LogP contribution in [0.1, 0.15) is 56.8 Å². The predicted octanol–water partition coefficient (Wildman–Crippen LogP) is 2.47. The lowest BCUT2D eigenvalue weighted by Gasteiger charge is -2.33. The van der Waals surface area contributed by atoms with E-state index in [0.717, 1.165) is 31.3 Å². The first-order valence-electron chi connectivity index (χ1n) is 10.1. The lowest BCUT2D eigenvalue weighted by Crippen LogP contribution is -2.50. The first-order valence-corrected chi connectivity index (χ1v) is 10.1. The van der Waals surface area contributed by atoms with Crippen LogP contribution in [0.3, 0.4) is 0 Å². The van der Waals surface area contributed by atoms with Gasteiger partial charge in [-0.3, -0.25) is 9.59 Å². The summed E-state index contributed by atoms with van der Waals surface area (Å²) in [5, 5.41) is 11.1. The Labute approximate surface area is 171 Å². The minimum absolute atomic E-state index is 0.0504. The quantitative estimate of drug-likeness (QED) is 0.799. The number of aryl methyl sites for hydroxylation is 1. The Bertz CT molecular complexity index is 932. The smallest absolute Gasteiger partial charge is 0.255 e. The highest BCUT2D eigenvalue weighted by Gasteiger charge is 2.31. The molecule has 156 valence electrons. The Balaban J connectivity index is 1.76. The number of carbonyl (C=O) groups excluding carboxylic acids is 2. The highest BCUT2D eigenvalue weighted by atomic mass is 16.2. The molecule has 1 aliphatic heterocycles. The normalized spacial score (nSPS) is 18.2. The first-order chi connectivity index (χ1) is 13.7. The molecule has 0 spiro atoms. The molecule has 0 radical (unpaired) electrons. The molecule has 29 heavy (non-hydrogen) atoms. The van der Waals surface area contributed by atoms with Crippen molar-refractivity contribution < 1.29 is 9.59 Å². The molecule has 0 bridgehead atoms. The van der Waals surface area contributed by atoms with Gasteiger partial charge >= 0.3 is 0 Å². The highest BCUT2D eigenvalue weighted by molar-refractivity contribution is 5.96. The average Bonchev–Trinajstić information content (AvgIpc) is 3.03. The maximum Gasteiger partial charge on any atom is 0.255 e. The van der Waals surface area contributed by atoms with Gasteiger partial charge in [0.25, 0.3) is 5.91 Å². The van der Waals surface area contributed by atoms with Gasteiger partial charge < -0.3 is 10.2 Å². The van der Waals surface area contributed by atoms with Crippen LogP contribution in [-0.2, 0) is 11.8 Å². The fourth-order valence-corrected chi connectivity index (χ4v) is 3.41. The number of pyridine rings is 1. The number of hydrogen-bond donors (Lipinski definition) is 1. The second-order valence-electron chi connectivity index (χ2n) is 8.46. The summed E-state index contributed by atoms with van der Waals surface area (Å²) in [5.41, 5.74) is 1.90. The topological polar surface area (TPSA) is 93.0 Å². The Morgan fingerprint density at radius 2 is 2.03 bits per heavy atom. The van der Waals surface area contributed by atoms with E-state index in [9.17, 15) is 9.59 Å². The van der Waals surface area contributed by atoms with Gasteiger partial charge in [-0.05, 0) is 39.7 Å². The summed E-state index contributed by atoms with van der Waals surface area (Å²) in [4.78, 5) is 32.1. The second-order valence-corrected chi connectivity index (χ2v) is 8.46. The van der Waals surface area contributed by atoms with Gasteiger partial charge in [0, 0.05) is 32.4 Å². The van der Waals surface area contributed by atoms with E-state index in [2.05, 4.69) is 27.2 Å². The fraction of sp³-hybridized carbons (Fsp3) is 0.571. The zero-order valence-corrected chi connectivity index (χ0v) is 17.7. The van der Waals surface area contributed by atoms with Crippen molar-refractivity contribution >= 4 is 23.0 Å². The summed E-state index contributed by atoms with van der Waals surface area (Å²) < 4.78 is 1.58. The molecule has 2 aromatic heterocycles. The first kappa shape index (κ1) is 21.0. The average molecular weight is 399 g/mol. The molecule has 8 nitrogen and oxygen atoms in total. The molecular weight excluding hydrogens is 368 g/mol. The summed E-state index contributed by atoms with van der Waals surface area (Å²) >= 11 is 0. The third-order valence-corrected chi connectivity index (χ3v) is 5.87. The number of carbonyl (C=O) groups is 2.